The lowest BCUT2D eigenvalue weighted by Crippen LogP contribution is -2.48. The van der Waals surface area contributed by atoms with E-state index in [1.807, 2.05) is 41.0 Å². The largest absolute Gasteiger partial charge is 0.353 e. The van der Waals surface area contributed by atoms with Crippen LogP contribution < -0.4 is 11.0 Å². The Morgan fingerprint density at radius 2 is 1.85 bits per heavy atom. The molecule has 1 aliphatic rings. The molecule has 0 saturated heterocycles. The summed E-state index contributed by atoms with van der Waals surface area (Å²) in [4.78, 5) is 30.7. The molecule has 1 saturated carbocycles. The van der Waals surface area contributed by atoms with Crippen molar-refractivity contribution in [2.45, 2.75) is 78.8 Å². The van der Waals surface area contributed by atoms with Gasteiger partial charge in [-0.15, -0.1) is 0 Å². The van der Waals surface area contributed by atoms with Gasteiger partial charge in [0.25, 0.3) is 0 Å². The van der Waals surface area contributed by atoms with Crippen LogP contribution in [0.1, 0.15) is 71.1 Å². The van der Waals surface area contributed by atoms with Gasteiger partial charge in [0.05, 0.1) is 11.9 Å². The van der Waals surface area contributed by atoms with Crippen molar-refractivity contribution in [3.63, 3.8) is 0 Å². The van der Waals surface area contributed by atoms with E-state index in [0.29, 0.717) is 13.0 Å². The number of rotatable bonds is 5. The van der Waals surface area contributed by atoms with Gasteiger partial charge in [-0.3, -0.25) is 13.9 Å². The number of carbonyl (C=O) groups is 1. The summed E-state index contributed by atoms with van der Waals surface area (Å²) in [5, 5.41) is 3.32. The van der Waals surface area contributed by atoms with E-state index >= 15 is 0 Å². The predicted octanol–water partition coefficient (Wildman–Crippen LogP) is 4.80. The zero-order chi connectivity index (χ0) is 24.7. The molecule has 2 aromatic heterocycles. The van der Waals surface area contributed by atoms with Gasteiger partial charge in [0.2, 0.25) is 5.91 Å². The van der Waals surface area contributed by atoms with Crippen molar-refractivity contribution in [1.29, 1.82) is 0 Å². The maximum absolute atomic E-state index is 12.9. The molecule has 1 amide bonds. The highest BCUT2D eigenvalue weighted by Crippen LogP contribution is 2.42. The minimum absolute atomic E-state index is 0.00306. The lowest BCUT2D eigenvalue weighted by atomic mass is 9.68. The molecular weight excluding hydrogens is 424 g/mol. The fourth-order valence-electron chi connectivity index (χ4n) is 5.13. The number of hydrogen-bond donors (Lipinski definition) is 1. The Labute approximate surface area is 202 Å². The predicted molar refractivity (Wildman–Crippen MR) is 137 cm³/mol. The SMILES string of the molecule is Cn1c(=O)n(CC(C)(C)C)c2ccc(C3CCC(C)(C)C(NC(=O)Cc4ccccc4)C3)nc21. The van der Waals surface area contributed by atoms with Crippen LogP contribution in [-0.4, -0.2) is 26.1 Å². The molecule has 34 heavy (non-hydrogen) atoms. The van der Waals surface area contributed by atoms with Crippen LogP contribution in [0.3, 0.4) is 0 Å². The third-order valence-electron chi connectivity index (χ3n) is 7.20. The fraction of sp³-hybridized carbons (Fsp3) is 0.536. The van der Waals surface area contributed by atoms with E-state index in [1.54, 1.807) is 11.6 Å². The quantitative estimate of drug-likeness (QED) is 0.592. The molecule has 3 aromatic rings. The second-order valence-electron chi connectivity index (χ2n) is 11.8. The molecule has 2 heterocycles. The molecule has 0 bridgehead atoms. The molecule has 2 unspecified atom stereocenters. The number of aromatic nitrogens is 3. The molecule has 4 rings (SSSR count). The Morgan fingerprint density at radius 1 is 1.15 bits per heavy atom. The topological polar surface area (TPSA) is 68.9 Å². The van der Waals surface area contributed by atoms with Gasteiger partial charge < -0.3 is 5.32 Å². The van der Waals surface area contributed by atoms with Gasteiger partial charge in [-0.2, -0.15) is 0 Å². The van der Waals surface area contributed by atoms with Crippen molar-refractivity contribution in [2.75, 3.05) is 0 Å². The highest BCUT2D eigenvalue weighted by atomic mass is 16.2. The van der Waals surface area contributed by atoms with E-state index < -0.39 is 0 Å². The van der Waals surface area contributed by atoms with Crippen LogP contribution in [0.25, 0.3) is 11.2 Å². The molecule has 2 atom stereocenters. The Bertz CT molecular complexity index is 1230. The summed E-state index contributed by atoms with van der Waals surface area (Å²) in [7, 11) is 1.80. The van der Waals surface area contributed by atoms with E-state index in [-0.39, 0.29) is 34.4 Å². The van der Waals surface area contributed by atoms with E-state index in [2.05, 4.69) is 46.0 Å². The molecule has 1 aliphatic carbocycles. The van der Waals surface area contributed by atoms with Crippen molar-refractivity contribution in [3.8, 4) is 0 Å². The number of amides is 1. The van der Waals surface area contributed by atoms with Crippen LogP contribution in [-0.2, 0) is 24.8 Å². The van der Waals surface area contributed by atoms with Crippen LogP contribution in [0.2, 0.25) is 0 Å². The smallest absolute Gasteiger partial charge is 0.330 e. The van der Waals surface area contributed by atoms with Crippen molar-refractivity contribution >= 4 is 17.1 Å². The fourth-order valence-corrected chi connectivity index (χ4v) is 5.13. The van der Waals surface area contributed by atoms with Crippen LogP contribution in [0.4, 0.5) is 0 Å². The van der Waals surface area contributed by atoms with Crippen molar-refractivity contribution in [2.24, 2.45) is 17.9 Å². The molecule has 1 N–H and O–H groups in total. The zero-order valence-corrected chi connectivity index (χ0v) is 21.4. The number of benzene rings is 1. The maximum atomic E-state index is 12.9. The molecular formula is C28H38N4O2. The monoisotopic (exact) mass is 462 g/mol. The number of aryl methyl sites for hydroxylation is 1. The van der Waals surface area contributed by atoms with Gasteiger partial charge in [0.15, 0.2) is 5.65 Å². The van der Waals surface area contributed by atoms with Crippen LogP contribution in [0.15, 0.2) is 47.3 Å². The molecule has 182 valence electrons. The highest BCUT2D eigenvalue weighted by molar-refractivity contribution is 5.79. The van der Waals surface area contributed by atoms with Crippen LogP contribution in [0.5, 0.6) is 0 Å². The first kappa shape index (κ1) is 24.2. The zero-order valence-electron chi connectivity index (χ0n) is 21.4. The molecule has 0 spiro atoms. The van der Waals surface area contributed by atoms with Crippen molar-refractivity contribution in [1.82, 2.24) is 19.4 Å². The highest BCUT2D eigenvalue weighted by Gasteiger charge is 2.38. The van der Waals surface area contributed by atoms with Gasteiger partial charge in [-0.1, -0.05) is 65.0 Å². The summed E-state index contributed by atoms with van der Waals surface area (Å²) in [5.41, 5.74) is 3.65. The minimum atomic E-state index is -0.0228. The summed E-state index contributed by atoms with van der Waals surface area (Å²) >= 11 is 0. The second-order valence-corrected chi connectivity index (χ2v) is 11.8. The van der Waals surface area contributed by atoms with Gasteiger partial charge in [0.1, 0.15) is 0 Å². The second kappa shape index (κ2) is 9.05. The van der Waals surface area contributed by atoms with E-state index in [9.17, 15) is 9.59 Å². The molecule has 6 heteroatoms. The molecule has 0 aliphatic heterocycles. The van der Waals surface area contributed by atoms with Gasteiger partial charge in [0, 0.05) is 31.2 Å². The Balaban J connectivity index is 1.56. The average Bonchev–Trinajstić information content (AvgIpc) is 2.99. The first-order chi connectivity index (χ1) is 15.9. The summed E-state index contributed by atoms with van der Waals surface area (Å²) in [5.74, 6) is 0.315. The Kier molecular flexibility index (Phi) is 6.45. The van der Waals surface area contributed by atoms with Gasteiger partial charge >= 0.3 is 5.69 Å². The number of pyridine rings is 1. The van der Waals surface area contributed by atoms with Gasteiger partial charge in [-0.05, 0) is 47.8 Å². The lowest BCUT2D eigenvalue weighted by Gasteiger charge is -2.42. The van der Waals surface area contributed by atoms with Crippen molar-refractivity contribution in [3.05, 3.63) is 64.2 Å². The standard InChI is InChI=1S/C28H38N4O2/c1-27(2,3)18-32-22-13-12-21(29-25(22)31(6)26(32)34)20-14-15-28(4,5)23(17-20)30-24(33)16-19-10-8-7-9-11-19/h7-13,20,23H,14-18H2,1-6H3,(H,30,33). The normalized spacial score (nSPS) is 20.4. The van der Waals surface area contributed by atoms with E-state index in [1.165, 1.54) is 0 Å². The summed E-state index contributed by atoms with van der Waals surface area (Å²) in [6, 6.07) is 14.1. The Morgan fingerprint density at radius 3 is 2.53 bits per heavy atom. The molecule has 1 fully saturated rings. The molecule has 0 radical (unpaired) electrons. The number of imidazole rings is 1. The molecule has 1 aromatic carbocycles. The average molecular weight is 463 g/mol. The van der Waals surface area contributed by atoms with Gasteiger partial charge in [-0.25, -0.2) is 9.78 Å². The summed E-state index contributed by atoms with van der Waals surface area (Å²) in [6.45, 7) is 11.5. The first-order valence-electron chi connectivity index (χ1n) is 12.3. The van der Waals surface area contributed by atoms with E-state index in [4.69, 9.17) is 4.98 Å². The number of nitrogens with one attached hydrogen (secondary N) is 1. The number of nitrogens with zero attached hydrogens (tertiary/aromatic N) is 3. The third-order valence-corrected chi connectivity index (χ3v) is 7.20. The molecule has 6 nitrogen and oxygen atoms in total. The third kappa shape index (κ3) is 5.11. The first-order valence-corrected chi connectivity index (χ1v) is 12.3. The summed E-state index contributed by atoms with van der Waals surface area (Å²) in [6.07, 6.45) is 3.28. The lowest BCUT2D eigenvalue weighted by molar-refractivity contribution is -0.122. The number of hydrogen-bond acceptors (Lipinski definition) is 3. The minimum Gasteiger partial charge on any atom is -0.353 e. The van der Waals surface area contributed by atoms with Crippen molar-refractivity contribution < 1.29 is 4.79 Å². The number of fused-ring (bicyclic) bond motifs is 1. The Hall–Kier alpha value is -2.89. The van der Waals surface area contributed by atoms with Crippen LogP contribution >= 0.6 is 0 Å². The van der Waals surface area contributed by atoms with E-state index in [0.717, 1.165) is 41.7 Å². The number of carbonyl (C=O) groups excluding carboxylic acids is 1. The summed E-state index contributed by atoms with van der Waals surface area (Å²) < 4.78 is 3.50. The maximum Gasteiger partial charge on any atom is 0.330 e. The van der Waals surface area contributed by atoms with Crippen LogP contribution in [0, 0.1) is 10.8 Å².